The van der Waals surface area contributed by atoms with Crippen molar-refractivity contribution in [3.05, 3.63) is 0 Å². The molecule has 0 aromatic heterocycles. The molecule has 1 rings (SSSR count). The third-order valence-corrected chi connectivity index (χ3v) is 0.841. The molecule has 1 fully saturated rings. The van der Waals surface area contributed by atoms with Gasteiger partial charge in [0.1, 0.15) is 0 Å². The molecule has 1 radical (unpaired) electrons. The van der Waals surface area contributed by atoms with E-state index in [1.807, 2.05) is 0 Å². The van der Waals surface area contributed by atoms with Crippen molar-refractivity contribution in [2.24, 2.45) is 0 Å². The SMILES string of the molecule is FC1C[N]CC(F)O1. The lowest BCUT2D eigenvalue weighted by Gasteiger charge is -2.18. The van der Waals surface area contributed by atoms with Crippen LogP contribution in [0.3, 0.4) is 0 Å². The fraction of sp³-hybridized carbons (Fsp3) is 1.00. The van der Waals surface area contributed by atoms with Gasteiger partial charge >= 0.3 is 0 Å². The number of rotatable bonds is 0. The van der Waals surface area contributed by atoms with Gasteiger partial charge in [0.2, 0.25) is 12.7 Å². The average molecular weight is 122 g/mol. The summed E-state index contributed by atoms with van der Waals surface area (Å²) < 4.78 is 27.8. The zero-order valence-corrected chi connectivity index (χ0v) is 4.18. The Hall–Kier alpha value is -0.220. The zero-order valence-electron chi connectivity index (χ0n) is 4.18. The van der Waals surface area contributed by atoms with Gasteiger partial charge in [-0.25, -0.2) is 14.1 Å². The van der Waals surface area contributed by atoms with Gasteiger partial charge in [-0.1, -0.05) is 0 Å². The van der Waals surface area contributed by atoms with Crippen LogP contribution in [-0.2, 0) is 4.74 Å². The molecule has 1 saturated heterocycles. The zero-order chi connectivity index (χ0) is 5.98. The number of alkyl halides is 2. The normalized spacial score (nSPS) is 39.8. The second-order valence-corrected chi connectivity index (χ2v) is 1.54. The van der Waals surface area contributed by atoms with Crippen molar-refractivity contribution in [2.75, 3.05) is 13.1 Å². The predicted molar refractivity (Wildman–Crippen MR) is 22.7 cm³/mol. The van der Waals surface area contributed by atoms with Gasteiger partial charge in [0, 0.05) is 0 Å². The molecule has 4 heteroatoms. The number of hydrogen-bond donors (Lipinski definition) is 0. The van der Waals surface area contributed by atoms with E-state index in [4.69, 9.17) is 0 Å². The monoisotopic (exact) mass is 122 g/mol. The first-order valence-corrected chi connectivity index (χ1v) is 2.36. The highest BCUT2D eigenvalue weighted by molar-refractivity contribution is 4.58. The Kier molecular flexibility index (Phi) is 1.75. The molecule has 0 bridgehead atoms. The van der Waals surface area contributed by atoms with Crippen molar-refractivity contribution in [3.8, 4) is 0 Å². The van der Waals surface area contributed by atoms with Crippen molar-refractivity contribution < 1.29 is 13.5 Å². The standard InChI is InChI=1S/C4H6F2NO/c5-3-1-7-2-4(6)8-3/h3-4H,1-2H2. The number of ether oxygens (including phenoxy) is 1. The van der Waals surface area contributed by atoms with Crippen LogP contribution < -0.4 is 5.32 Å². The van der Waals surface area contributed by atoms with Crippen LogP contribution in [0.2, 0.25) is 0 Å². The molecule has 0 aromatic rings. The van der Waals surface area contributed by atoms with Crippen molar-refractivity contribution in [1.82, 2.24) is 5.32 Å². The first-order chi connectivity index (χ1) is 3.79. The van der Waals surface area contributed by atoms with E-state index in [0.29, 0.717) is 0 Å². The van der Waals surface area contributed by atoms with E-state index in [0.717, 1.165) is 0 Å². The Labute approximate surface area is 45.8 Å². The van der Waals surface area contributed by atoms with Gasteiger partial charge in [-0.3, -0.25) is 0 Å². The molecule has 47 valence electrons. The van der Waals surface area contributed by atoms with Crippen molar-refractivity contribution in [3.63, 3.8) is 0 Å². The third kappa shape index (κ3) is 1.38. The lowest BCUT2D eigenvalue weighted by Crippen LogP contribution is -2.36. The predicted octanol–water partition coefficient (Wildman–Crippen LogP) is 0.212. The van der Waals surface area contributed by atoms with Crippen LogP contribution in [-0.4, -0.2) is 25.8 Å². The van der Waals surface area contributed by atoms with E-state index >= 15 is 0 Å². The maximum Gasteiger partial charge on any atom is 0.215 e. The van der Waals surface area contributed by atoms with E-state index in [-0.39, 0.29) is 13.1 Å². The Morgan fingerprint density at radius 3 is 2.00 bits per heavy atom. The summed E-state index contributed by atoms with van der Waals surface area (Å²) in [6.45, 7) is -0.0547. The largest absolute Gasteiger partial charge is 0.311 e. The van der Waals surface area contributed by atoms with E-state index in [1.165, 1.54) is 0 Å². The van der Waals surface area contributed by atoms with Crippen LogP contribution >= 0.6 is 0 Å². The molecule has 2 atom stereocenters. The Bertz CT molecular complexity index is 72.4. The van der Waals surface area contributed by atoms with Crippen molar-refractivity contribution in [1.29, 1.82) is 0 Å². The summed E-state index contributed by atoms with van der Waals surface area (Å²) in [5.74, 6) is 0. The van der Waals surface area contributed by atoms with E-state index in [9.17, 15) is 8.78 Å². The van der Waals surface area contributed by atoms with Gasteiger partial charge in [0.25, 0.3) is 0 Å². The van der Waals surface area contributed by atoms with Gasteiger partial charge < -0.3 is 4.74 Å². The maximum absolute atomic E-state index is 11.9. The minimum atomic E-state index is -1.53. The van der Waals surface area contributed by atoms with Crippen LogP contribution in [0.4, 0.5) is 8.78 Å². The molecule has 1 heterocycles. The Balaban J connectivity index is 2.23. The number of hydrogen-bond acceptors (Lipinski definition) is 1. The molecule has 1 aliphatic rings. The maximum atomic E-state index is 11.9. The quantitative estimate of drug-likeness (QED) is 0.450. The molecule has 0 saturated carbocycles. The average Bonchev–Trinajstić information content (AvgIpc) is 1.64. The fourth-order valence-electron chi connectivity index (χ4n) is 0.524. The van der Waals surface area contributed by atoms with Gasteiger partial charge in [0.05, 0.1) is 13.1 Å². The number of morpholine rings is 1. The Morgan fingerprint density at radius 2 is 1.75 bits per heavy atom. The lowest BCUT2D eigenvalue weighted by atomic mass is 10.5. The molecule has 0 amide bonds. The summed E-state index contributed by atoms with van der Waals surface area (Å²) >= 11 is 0. The van der Waals surface area contributed by atoms with Crippen molar-refractivity contribution in [2.45, 2.75) is 12.7 Å². The Morgan fingerprint density at radius 1 is 1.25 bits per heavy atom. The van der Waals surface area contributed by atoms with E-state index in [1.54, 1.807) is 0 Å². The highest BCUT2D eigenvalue weighted by Gasteiger charge is 2.20. The molecular weight excluding hydrogens is 116 g/mol. The summed E-state index contributed by atoms with van der Waals surface area (Å²) in [4.78, 5) is 0. The molecule has 0 spiro atoms. The smallest absolute Gasteiger partial charge is 0.215 e. The molecule has 1 aliphatic heterocycles. The topological polar surface area (TPSA) is 23.3 Å². The number of nitrogens with zero attached hydrogens (tertiary/aromatic N) is 1. The molecule has 0 aromatic carbocycles. The summed E-state index contributed by atoms with van der Waals surface area (Å²) in [5.41, 5.74) is 0. The lowest BCUT2D eigenvalue weighted by molar-refractivity contribution is -0.157. The molecule has 2 nitrogen and oxygen atoms in total. The summed E-state index contributed by atoms with van der Waals surface area (Å²) in [5, 5.41) is 3.46. The van der Waals surface area contributed by atoms with Crippen LogP contribution in [0, 0.1) is 0 Å². The molecule has 8 heavy (non-hydrogen) atoms. The minimum Gasteiger partial charge on any atom is -0.311 e. The first-order valence-electron chi connectivity index (χ1n) is 2.36. The fourth-order valence-corrected chi connectivity index (χ4v) is 0.524. The van der Waals surface area contributed by atoms with Crippen LogP contribution in [0.25, 0.3) is 0 Å². The summed E-state index contributed by atoms with van der Waals surface area (Å²) in [7, 11) is 0. The van der Waals surface area contributed by atoms with Gasteiger partial charge in [-0.15, -0.1) is 0 Å². The molecule has 0 aliphatic carbocycles. The molecule has 0 N–H and O–H groups in total. The molecular formula is C4H6F2NO. The van der Waals surface area contributed by atoms with E-state index in [2.05, 4.69) is 10.1 Å². The second kappa shape index (κ2) is 2.37. The van der Waals surface area contributed by atoms with Crippen LogP contribution in [0.15, 0.2) is 0 Å². The van der Waals surface area contributed by atoms with Crippen molar-refractivity contribution >= 4 is 0 Å². The second-order valence-electron chi connectivity index (χ2n) is 1.54. The number of halogens is 2. The first kappa shape index (κ1) is 5.91. The van der Waals surface area contributed by atoms with Crippen LogP contribution in [0.1, 0.15) is 0 Å². The summed E-state index contributed by atoms with van der Waals surface area (Å²) in [6.07, 6.45) is -3.06. The van der Waals surface area contributed by atoms with Gasteiger partial charge in [-0.05, 0) is 0 Å². The van der Waals surface area contributed by atoms with Gasteiger partial charge in [-0.2, -0.15) is 0 Å². The highest BCUT2D eigenvalue weighted by Crippen LogP contribution is 2.05. The van der Waals surface area contributed by atoms with E-state index < -0.39 is 12.7 Å². The summed E-state index contributed by atoms with van der Waals surface area (Å²) in [6, 6.07) is 0. The minimum absolute atomic E-state index is 0.0274. The molecule has 2 unspecified atom stereocenters. The highest BCUT2D eigenvalue weighted by atomic mass is 19.2. The van der Waals surface area contributed by atoms with Gasteiger partial charge in [0.15, 0.2) is 0 Å². The van der Waals surface area contributed by atoms with Crippen LogP contribution in [0.5, 0.6) is 0 Å². The third-order valence-electron chi connectivity index (χ3n) is 0.841.